The van der Waals surface area contributed by atoms with Crippen LogP contribution in [0.5, 0.6) is 0 Å². The van der Waals surface area contributed by atoms with E-state index in [-0.39, 0.29) is 17.8 Å². The van der Waals surface area contributed by atoms with Crippen LogP contribution in [0.1, 0.15) is 18.5 Å². The molecule has 0 radical (unpaired) electrons. The van der Waals surface area contributed by atoms with E-state index in [4.69, 9.17) is 0 Å². The number of aliphatic hydroxyl groups excluding tert-OH is 1. The molecule has 1 saturated heterocycles. The summed E-state index contributed by atoms with van der Waals surface area (Å²) in [7, 11) is 1.78. The molecule has 3 N–H and O–H groups in total. The quantitative estimate of drug-likeness (QED) is 0.737. The van der Waals surface area contributed by atoms with Gasteiger partial charge in [-0.25, -0.2) is 4.39 Å². The summed E-state index contributed by atoms with van der Waals surface area (Å²) in [6.07, 6.45) is 1.62. The molecule has 1 amide bonds. The Labute approximate surface area is 146 Å². The molecule has 3 rings (SSSR count). The van der Waals surface area contributed by atoms with Crippen LogP contribution in [0.4, 0.5) is 4.39 Å². The number of β-amino-alcohol motifs (C(OH)–C–C–N with tert-alkyl or cyclic N) is 1. The first-order chi connectivity index (χ1) is 12.0. The number of nitrogens with one attached hydrogen (secondary N) is 2. The van der Waals surface area contributed by atoms with Gasteiger partial charge in [0.15, 0.2) is 0 Å². The van der Waals surface area contributed by atoms with E-state index in [0.29, 0.717) is 19.5 Å². The summed E-state index contributed by atoms with van der Waals surface area (Å²) >= 11 is 0. The van der Waals surface area contributed by atoms with E-state index in [2.05, 4.69) is 15.5 Å². The molecule has 0 unspecified atom stereocenters. The second kappa shape index (κ2) is 7.76. The van der Waals surface area contributed by atoms with Gasteiger partial charge in [0.25, 0.3) is 0 Å². The van der Waals surface area contributed by atoms with Crippen LogP contribution in [0.25, 0.3) is 11.3 Å². The average molecular weight is 346 g/mol. The van der Waals surface area contributed by atoms with Crippen molar-refractivity contribution in [1.29, 1.82) is 0 Å². The van der Waals surface area contributed by atoms with Gasteiger partial charge in [0.1, 0.15) is 5.82 Å². The minimum Gasteiger partial charge on any atom is -0.392 e. The molecule has 6 nitrogen and oxygen atoms in total. The first kappa shape index (κ1) is 17.6. The lowest BCUT2D eigenvalue weighted by molar-refractivity contribution is -0.131. The number of carbonyl (C=O) groups excluding carboxylic acids is 1. The molecule has 25 heavy (non-hydrogen) atoms. The zero-order valence-corrected chi connectivity index (χ0v) is 14.2. The summed E-state index contributed by atoms with van der Waals surface area (Å²) in [4.78, 5) is 14.0. The molecule has 7 heteroatoms. The van der Waals surface area contributed by atoms with Crippen molar-refractivity contribution in [1.82, 2.24) is 20.4 Å². The second-order valence-corrected chi connectivity index (χ2v) is 6.50. The van der Waals surface area contributed by atoms with Crippen molar-refractivity contribution in [3.8, 4) is 11.3 Å². The number of likely N-dealkylation sites (N-methyl/N-ethyl adjacent to an activating group) is 1. The maximum Gasteiger partial charge on any atom is 0.239 e. The highest BCUT2D eigenvalue weighted by Crippen LogP contribution is 2.18. The second-order valence-electron chi connectivity index (χ2n) is 6.50. The van der Waals surface area contributed by atoms with E-state index in [0.717, 1.165) is 29.8 Å². The SMILES string of the molecule is CN(CCCc1cc(-c2ccc(F)cc2)n[nH]1)C(=O)[C@H]1C[C@H](O)CN1. The van der Waals surface area contributed by atoms with Gasteiger partial charge in [-0.2, -0.15) is 5.10 Å². The summed E-state index contributed by atoms with van der Waals surface area (Å²) in [6, 6.07) is 7.90. The number of amides is 1. The first-order valence-electron chi connectivity index (χ1n) is 8.49. The Morgan fingerprint density at radius 1 is 1.40 bits per heavy atom. The van der Waals surface area contributed by atoms with Gasteiger partial charge < -0.3 is 15.3 Å². The molecule has 1 aliphatic rings. The number of H-pyrrole nitrogens is 1. The smallest absolute Gasteiger partial charge is 0.239 e. The predicted octanol–water partition coefficient (Wildman–Crippen LogP) is 1.33. The van der Waals surface area contributed by atoms with E-state index in [1.807, 2.05) is 6.07 Å². The largest absolute Gasteiger partial charge is 0.392 e. The summed E-state index contributed by atoms with van der Waals surface area (Å²) < 4.78 is 13.0. The third kappa shape index (κ3) is 4.43. The van der Waals surface area contributed by atoms with E-state index in [1.165, 1.54) is 12.1 Å². The average Bonchev–Trinajstić information content (AvgIpc) is 3.24. The van der Waals surface area contributed by atoms with Crippen LogP contribution in [0.3, 0.4) is 0 Å². The van der Waals surface area contributed by atoms with Crippen molar-refractivity contribution < 1.29 is 14.3 Å². The molecule has 0 aliphatic carbocycles. The standard InChI is InChI=1S/C18H23FN4O2/c1-23(18(25)17-10-15(24)11-20-17)8-2-3-14-9-16(22-21-14)12-4-6-13(19)7-5-12/h4-7,9,15,17,20,24H,2-3,8,10-11H2,1H3,(H,21,22)/t15-,17+/m0/s1. The Morgan fingerprint density at radius 3 is 2.84 bits per heavy atom. The third-order valence-electron chi connectivity index (χ3n) is 4.49. The van der Waals surface area contributed by atoms with Crippen molar-refractivity contribution in [3.63, 3.8) is 0 Å². The van der Waals surface area contributed by atoms with Crippen molar-refractivity contribution >= 4 is 5.91 Å². The van der Waals surface area contributed by atoms with Crippen LogP contribution in [0, 0.1) is 5.82 Å². The minimum absolute atomic E-state index is 0.0214. The highest BCUT2D eigenvalue weighted by atomic mass is 19.1. The fraction of sp³-hybridized carbons (Fsp3) is 0.444. The summed E-state index contributed by atoms with van der Waals surface area (Å²) in [5, 5.41) is 19.8. The molecule has 134 valence electrons. The summed E-state index contributed by atoms with van der Waals surface area (Å²) in [6.45, 7) is 1.11. The highest BCUT2D eigenvalue weighted by Gasteiger charge is 2.29. The fourth-order valence-corrected chi connectivity index (χ4v) is 3.05. The minimum atomic E-state index is -0.433. The Bertz CT molecular complexity index is 716. The van der Waals surface area contributed by atoms with E-state index in [1.54, 1.807) is 24.1 Å². The van der Waals surface area contributed by atoms with Crippen LogP contribution in [0.2, 0.25) is 0 Å². The van der Waals surface area contributed by atoms with Gasteiger partial charge in [-0.1, -0.05) is 0 Å². The number of aromatic nitrogens is 2. The zero-order chi connectivity index (χ0) is 17.8. The summed E-state index contributed by atoms with van der Waals surface area (Å²) in [5.41, 5.74) is 2.63. The highest BCUT2D eigenvalue weighted by molar-refractivity contribution is 5.82. The van der Waals surface area contributed by atoms with Crippen molar-refractivity contribution in [2.45, 2.75) is 31.4 Å². The van der Waals surface area contributed by atoms with Gasteiger partial charge >= 0.3 is 0 Å². The van der Waals surface area contributed by atoms with Crippen molar-refractivity contribution in [3.05, 3.63) is 41.8 Å². The molecule has 0 bridgehead atoms. The molecule has 2 aromatic rings. The maximum atomic E-state index is 13.0. The van der Waals surface area contributed by atoms with Crippen molar-refractivity contribution in [2.75, 3.05) is 20.1 Å². The van der Waals surface area contributed by atoms with Gasteiger partial charge in [-0.05, 0) is 49.6 Å². The van der Waals surface area contributed by atoms with Crippen LogP contribution >= 0.6 is 0 Å². The fourth-order valence-electron chi connectivity index (χ4n) is 3.05. The Hall–Kier alpha value is -2.25. The van der Waals surface area contributed by atoms with Gasteiger partial charge in [0, 0.05) is 31.4 Å². The molecule has 1 fully saturated rings. The number of rotatable bonds is 6. The van der Waals surface area contributed by atoms with Crippen LogP contribution in [-0.2, 0) is 11.2 Å². The number of aromatic amines is 1. The molecular formula is C18H23FN4O2. The number of hydrogen-bond acceptors (Lipinski definition) is 4. The number of aryl methyl sites for hydroxylation is 1. The van der Waals surface area contributed by atoms with Crippen LogP contribution in [-0.4, -0.2) is 58.4 Å². The number of aliphatic hydroxyl groups is 1. The van der Waals surface area contributed by atoms with Crippen molar-refractivity contribution in [2.24, 2.45) is 0 Å². The Morgan fingerprint density at radius 2 is 2.16 bits per heavy atom. The summed E-state index contributed by atoms with van der Waals surface area (Å²) in [5.74, 6) is -0.246. The third-order valence-corrected chi connectivity index (χ3v) is 4.49. The predicted molar refractivity (Wildman–Crippen MR) is 92.4 cm³/mol. The molecule has 2 heterocycles. The monoisotopic (exact) mass is 346 g/mol. The lowest BCUT2D eigenvalue weighted by atomic mass is 10.1. The van der Waals surface area contributed by atoms with Crippen LogP contribution < -0.4 is 5.32 Å². The normalized spacial score (nSPS) is 20.0. The molecule has 1 aromatic carbocycles. The first-order valence-corrected chi connectivity index (χ1v) is 8.49. The van der Waals surface area contributed by atoms with E-state index < -0.39 is 6.10 Å². The molecule has 2 atom stereocenters. The molecular weight excluding hydrogens is 323 g/mol. The zero-order valence-electron chi connectivity index (χ0n) is 14.2. The maximum absolute atomic E-state index is 13.0. The number of nitrogens with zero attached hydrogens (tertiary/aromatic N) is 2. The van der Waals surface area contributed by atoms with E-state index >= 15 is 0 Å². The number of benzene rings is 1. The molecule has 0 saturated carbocycles. The lowest BCUT2D eigenvalue weighted by Crippen LogP contribution is -2.42. The molecule has 1 aliphatic heterocycles. The Kier molecular flexibility index (Phi) is 5.45. The van der Waals surface area contributed by atoms with Crippen LogP contribution in [0.15, 0.2) is 30.3 Å². The molecule has 1 aromatic heterocycles. The Balaban J connectivity index is 1.47. The topological polar surface area (TPSA) is 81.2 Å². The van der Waals surface area contributed by atoms with Gasteiger partial charge in [-0.3, -0.25) is 9.89 Å². The molecule has 0 spiro atoms. The van der Waals surface area contributed by atoms with Gasteiger partial charge in [-0.15, -0.1) is 0 Å². The number of hydrogen-bond donors (Lipinski definition) is 3. The van der Waals surface area contributed by atoms with E-state index in [9.17, 15) is 14.3 Å². The van der Waals surface area contributed by atoms with Gasteiger partial charge in [0.2, 0.25) is 5.91 Å². The van der Waals surface area contributed by atoms with Gasteiger partial charge in [0.05, 0.1) is 17.8 Å². The number of carbonyl (C=O) groups is 1. The number of halogens is 1. The lowest BCUT2D eigenvalue weighted by Gasteiger charge is -2.20.